The number of aromatic nitrogens is 1. The van der Waals surface area contributed by atoms with Crippen LogP contribution >= 0.6 is 0 Å². The van der Waals surface area contributed by atoms with Gasteiger partial charge in [0.25, 0.3) is 5.91 Å². The lowest BCUT2D eigenvalue weighted by molar-refractivity contribution is 0.0963. The molecule has 1 aromatic rings. The van der Waals surface area contributed by atoms with Gasteiger partial charge in [0.2, 0.25) is 0 Å². The average molecular weight is 222 g/mol. The number of hydrogen-bond donors (Lipinski definition) is 3. The van der Waals surface area contributed by atoms with E-state index in [4.69, 9.17) is 0 Å². The van der Waals surface area contributed by atoms with Gasteiger partial charge in [-0.3, -0.25) is 4.79 Å². The molecule has 5 heteroatoms. The van der Waals surface area contributed by atoms with E-state index in [9.17, 15) is 4.79 Å². The third-order valence-electron chi connectivity index (χ3n) is 2.20. The van der Waals surface area contributed by atoms with Gasteiger partial charge in [0, 0.05) is 32.9 Å². The van der Waals surface area contributed by atoms with Crippen LogP contribution in [-0.4, -0.2) is 31.5 Å². The first kappa shape index (κ1) is 12.3. The Bertz CT molecular complexity index is 365. The van der Waals surface area contributed by atoms with Crippen molar-refractivity contribution in [2.24, 2.45) is 0 Å². The number of hydrogen-bond acceptors (Lipinski definition) is 4. The van der Waals surface area contributed by atoms with Crippen molar-refractivity contribution in [2.75, 3.05) is 31.3 Å². The Hall–Kier alpha value is -1.78. The Morgan fingerprint density at radius 1 is 1.44 bits per heavy atom. The van der Waals surface area contributed by atoms with Crippen molar-refractivity contribution in [1.82, 2.24) is 10.3 Å². The maximum Gasteiger partial charge on any atom is 0.254 e. The summed E-state index contributed by atoms with van der Waals surface area (Å²) in [6.45, 7) is 2.91. The van der Waals surface area contributed by atoms with Gasteiger partial charge in [-0.1, -0.05) is 6.92 Å². The Kier molecular flexibility index (Phi) is 4.57. The molecule has 1 rings (SSSR count). The normalized spacial score (nSPS) is 9.69. The van der Waals surface area contributed by atoms with E-state index in [-0.39, 0.29) is 5.91 Å². The summed E-state index contributed by atoms with van der Waals surface area (Å²) in [6, 6.07) is 1.83. The molecule has 0 spiro atoms. The first-order valence-corrected chi connectivity index (χ1v) is 5.36. The Morgan fingerprint density at radius 2 is 2.19 bits per heavy atom. The smallest absolute Gasteiger partial charge is 0.254 e. The standard InChI is InChI=1S/C11H18N4O/c1-4-5-14-9-6-10(12-2)15-7-8(9)11(16)13-3/h6-7H,4-5H2,1-3H3,(H,13,16)(H2,12,14,15). The molecule has 5 nitrogen and oxygen atoms in total. The van der Waals surface area contributed by atoms with Crippen molar-refractivity contribution < 1.29 is 4.79 Å². The van der Waals surface area contributed by atoms with Gasteiger partial charge in [0.05, 0.1) is 11.3 Å². The van der Waals surface area contributed by atoms with Crippen molar-refractivity contribution in [2.45, 2.75) is 13.3 Å². The average Bonchev–Trinajstić information content (AvgIpc) is 2.34. The molecular weight excluding hydrogens is 204 g/mol. The molecule has 3 N–H and O–H groups in total. The summed E-state index contributed by atoms with van der Waals surface area (Å²) >= 11 is 0. The highest BCUT2D eigenvalue weighted by Gasteiger charge is 2.10. The highest BCUT2D eigenvalue weighted by molar-refractivity contribution is 5.99. The van der Waals surface area contributed by atoms with Crippen LogP contribution in [0.1, 0.15) is 23.7 Å². The van der Waals surface area contributed by atoms with Crippen LogP contribution in [0, 0.1) is 0 Å². The van der Waals surface area contributed by atoms with Gasteiger partial charge in [-0.15, -0.1) is 0 Å². The number of nitrogens with zero attached hydrogens (tertiary/aromatic N) is 1. The van der Waals surface area contributed by atoms with E-state index >= 15 is 0 Å². The number of rotatable bonds is 5. The highest BCUT2D eigenvalue weighted by Crippen LogP contribution is 2.18. The lowest BCUT2D eigenvalue weighted by Gasteiger charge is -2.11. The second-order valence-electron chi connectivity index (χ2n) is 3.37. The van der Waals surface area contributed by atoms with Gasteiger partial charge in [0.15, 0.2) is 0 Å². The van der Waals surface area contributed by atoms with Crippen LogP contribution in [0.25, 0.3) is 0 Å². The SMILES string of the molecule is CCCNc1cc(NC)ncc1C(=O)NC. The molecule has 0 aromatic carbocycles. The number of anilines is 2. The Balaban J connectivity index is 3.00. The van der Waals surface area contributed by atoms with Gasteiger partial charge in [-0.25, -0.2) is 4.98 Å². The second kappa shape index (κ2) is 5.95. The number of carbonyl (C=O) groups excluding carboxylic acids is 1. The molecule has 0 aliphatic carbocycles. The van der Waals surface area contributed by atoms with E-state index in [0.29, 0.717) is 5.56 Å². The summed E-state index contributed by atoms with van der Waals surface area (Å²) in [6.07, 6.45) is 2.58. The number of amides is 1. The fourth-order valence-corrected chi connectivity index (χ4v) is 1.31. The van der Waals surface area contributed by atoms with Crippen LogP contribution in [0.2, 0.25) is 0 Å². The van der Waals surface area contributed by atoms with E-state index in [0.717, 1.165) is 24.5 Å². The number of carbonyl (C=O) groups is 1. The lowest BCUT2D eigenvalue weighted by atomic mass is 10.2. The number of pyridine rings is 1. The Morgan fingerprint density at radius 3 is 2.75 bits per heavy atom. The van der Waals surface area contributed by atoms with Crippen molar-refractivity contribution in [3.05, 3.63) is 17.8 Å². The predicted molar refractivity (Wildman–Crippen MR) is 66.0 cm³/mol. The predicted octanol–water partition coefficient (Wildman–Crippen LogP) is 1.30. The van der Waals surface area contributed by atoms with Gasteiger partial charge in [-0.05, 0) is 6.42 Å². The summed E-state index contributed by atoms with van der Waals surface area (Å²) < 4.78 is 0. The summed E-state index contributed by atoms with van der Waals surface area (Å²) in [5, 5.41) is 8.75. The van der Waals surface area contributed by atoms with E-state index in [1.807, 2.05) is 6.07 Å². The van der Waals surface area contributed by atoms with Crippen molar-refractivity contribution in [3.63, 3.8) is 0 Å². The first-order valence-electron chi connectivity index (χ1n) is 5.36. The van der Waals surface area contributed by atoms with Crippen LogP contribution in [-0.2, 0) is 0 Å². The molecule has 0 saturated heterocycles. The minimum atomic E-state index is -0.131. The van der Waals surface area contributed by atoms with Gasteiger partial charge in [0.1, 0.15) is 5.82 Å². The van der Waals surface area contributed by atoms with Gasteiger partial charge in [-0.2, -0.15) is 0 Å². The van der Waals surface area contributed by atoms with Crippen LogP contribution in [0.15, 0.2) is 12.3 Å². The van der Waals surface area contributed by atoms with E-state index in [1.165, 1.54) is 0 Å². The molecule has 0 radical (unpaired) electrons. The molecule has 0 fully saturated rings. The molecule has 1 aromatic heterocycles. The molecule has 0 aliphatic rings. The van der Waals surface area contributed by atoms with Gasteiger partial charge >= 0.3 is 0 Å². The molecule has 0 unspecified atom stereocenters. The van der Waals surface area contributed by atoms with Crippen LogP contribution in [0.4, 0.5) is 11.5 Å². The largest absolute Gasteiger partial charge is 0.384 e. The third kappa shape index (κ3) is 2.85. The molecule has 0 saturated carbocycles. The fraction of sp³-hybridized carbons (Fsp3) is 0.455. The Labute approximate surface area is 95.7 Å². The first-order chi connectivity index (χ1) is 7.72. The summed E-state index contributed by atoms with van der Waals surface area (Å²) in [5.41, 5.74) is 1.37. The molecule has 0 bridgehead atoms. The van der Waals surface area contributed by atoms with Crippen LogP contribution in [0.5, 0.6) is 0 Å². The zero-order chi connectivity index (χ0) is 12.0. The van der Waals surface area contributed by atoms with Crippen LogP contribution in [0.3, 0.4) is 0 Å². The zero-order valence-electron chi connectivity index (χ0n) is 9.92. The number of nitrogens with one attached hydrogen (secondary N) is 3. The minimum Gasteiger partial charge on any atom is -0.384 e. The minimum absolute atomic E-state index is 0.131. The van der Waals surface area contributed by atoms with Crippen molar-refractivity contribution >= 4 is 17.4 Å². The lowest BCUT2D eigenvalue weighted by Crippen LogP contribution is -2.20. The van der Waals surface area contributed by atoms with E-state index in [1.54, 1.807) is 20.3 Å². The van der Waals surface area contributed by atoms with E-state index in [2.05, 4.69) is 27.9 Å². The maximum absolute atomic E-state index is 11.6. The molecule has 0 aliphatic heterocycles. The molecule has 88 valence electrons. The topological polar surface area (TPSA) is 66.0 Å². The summed E-state index contributed by atoms with van der Waals surface area (Å²) in [5.74, 6) is 0.611. The van der Waals surface area contributed by atoms with Crippen molar-refractivity contribution in [1.29, 1.82) is 0 Å². The third-order valence-corrected chi connectivity index (χ3v) is 2.20. The molecular formula is C11H18N4O. The zero-order valence-corrected chi connectivity index (χ0v) is 9.92. The second-order valence-corrected chi connectivity index (χ2v) is 3.37. The van der Waals surface area contributed by atoms with Crippen molar-refractivity contribution in [3.8, 4) is 0 Å². The summed E-state index contributed by atoms with van der Waals surface area (Å²) in [7, 11) is 3.41. The molecule has 0 atom stereocenters. The maximum atomic E-state index is 11.6. The van der Waals surface area contributed by atoms with Crippen LogP contribution < -0.4 is 16.0 Å². The molecule has 16 heavy (non-hydrogen) atoms. The highest BCUT2D eigenvalue weighted by atomic mass is 16.1. The molecule has 1 heterocycles. The monoisotopic (exact) mass is 222 g/mol. The summed E-state index contributed by atoms with van der Waals surface area (Å²) in [4.78, 5) is 15.7. The fourth-order valence-electron chi connectivity index (χ4n) is 1.31. The van der Waals surface area contributed by atoms with E-state index < -0.39 is 0 Å². The van der Waals surface area contributed by atoms with Gasteiger partial charge < -0.3 is 16.0 Å². The quantitative estimate of drug-likeness (QED) is 0.702. The molecule has 1 amide bonds.